The molecule has 0 aliphatic heterocycles. The van der Waals surface area contributed by atoms with Gasteiger partial charge in [-0.3, -0.25) is 4.79 Å². The minimum absolute atomic E-state index is 0.165. The summed E-state index contributed by atoms with van der Waals surface area (Å²) < 4.78 is 1.95. The molecule has 6 heteroatoms. The van der Waals surface area contributed by atoms with Gasteiger partial charge in [-0.15, -0.1) is 5.10 Å². The average molecular weight is 354 g/mol. The smallest absolute Gasteiger partial charge is 0.266 e. The summed E-state index contributed by atoms with van der Waals surface area (Å²) >= 11 is 7.50. The van der Waals surface area contributed by atoms with E-state index in [1.54, 1.807) is 6.07 Å². The van der Waals surface area contributed by atoms with Crippen molar-refractivity contribution in [3.63, 3.8) is 0 Å². The van der Waals surface area contributed by atoms with E-state index in [9.17, 15) is 4.79 Å². The summed E-state index contributed by atoms with van der Waals surface area (Å²) in [5.74, 6) is 0.464. The second kappa shape index (κ2) is 5.85. The molecule has 0 radical (unpaired) electrons. The first-order valence-electron chi connectivity index (χ1n) is 7.35. The van der Waals surface area contributed by atoms with E-state index in [0.717, 1.165) is 16.7 Å². The highest BCUT2D eigenvalue weighted by atomic mass is 35.5. The Hall–Kier alpha value is -2.50. The van der Waals surface area contributed by atoms with Crippen LogP contribution in [-0.4, -0.2) is 14.6 Å². The molecule has 24 heavy (non-hydrogen) atoms. The number of thiazole rings is 1. The Morgan fingerprint density at radius 1 is 1.17 bits per heavy atom. The van der Waals surface area contributed by atoms with Crippen LogP contribution in [0.5, 0.6) is 0 Å². The number of halogens is 1. The van der Waals surface area contributed by atoms with Crippen LogP contribution in [-0.2, 0) is 0 Å². The van der Waals surface area contributed by atoms with Crippen LogP contribution in [0.25, 0.3) is 22.4 Å². The predicted molar refractivity (Wildman–Crippen MR) is 97.5 cm³/mol. The number of benzene rings is 2. The third-order valence-corrected chi connectivity index (χ3v) is 4.93. The van der Waals surface area contributed by atoms with Gasteiger partial charge in [0.1, 0.15) is 0 Å². The fourth-order valence-electron chi connectivity index (χ4n) is 2.50. The highest BCUT2D eigenvalue weighted by Crippen LogP contribution is 2.25. The molecule has 2 heterocycles. The molecule has 0 fully saturated rings. The molecule has 0 unspecified atom stereocenters. The van der Waals surface area contributed by atoms with Crippen LogP contribution in [0.2, 0.25) is 5.02 Å². The number of fused-ring (bicyclic) bond motifs is 1. The van der Waals surface area contributed by atoms with Crippen LogP contribution in [0.15, 0.2) is 53.3 Å². The zero-order valence-electron chi connectivity index (χ0n) is 12.7. The third kappa shape index (κ3) is 2.62. The lowest BCUT2D eigenvalue weighted by Gasteiger charge is -1.96. The summed E-state index contributed by atoms with van der Waals surface area (Å²) in [5.41, 5.74) is 2.69. The highest BCUT2D eigenvalue weighted by molar-refractivity contribution is 7.15. The first-order chi connectivity index (χ1) is 11.6. The van der Waals surface area contributed by atoms with Gasteiger partial charge < -0.3 is 0 Å². The maximum Gasteiger partial charge on any atom is 0.291 e. The molecule has 2 aromatic heterocycles. The van der Waals surface area contributed by atoms with Gasteiger partial charge in [-0.2, -0.15) is 9.50 Å². The van der Waals surface area contributed by atoms with E-state index in [0.29, 0.717) is 20.3 Å². The average Bonchev–Trinajstić information content (AvgIpc) is 3.08. The number of aromatic nitrogens is 3. The number of hydrogen-bond acceptors (Lipinski definition) is 4. The Kier molecular flexibility index (Phi) is 3.67. The summed E-state index contributed by atoms with van der Waals surface area (Å²) in [6, 6.07) is 15.3. The van der Waals surface area contributed by atoms with Gasteiger partial charge in [0, 0.05) is 5.56 Å². The number of aryl methyl sites for hydroxylation is 1. The molecule has 0 aliphatic rings. The van der Waals surface area contributed by atoms with Gasteiger partial charge in [0.25, 0.3) is 5.56 Å². The highest BCUT2D eigenvalue weighted by Gasteiger charge is 2.13. The molecule has 2 aromatic carbocycles. The Balaban J connectivity index is 1.85. The van der Waals surface area contributed by atoms with Crippen molar-refractivity contribution in [2.45, 2.75) is 6.92 Å². The molecule has 0 aliphatic carbocycles. The monoisotopic (exact) mass is 353 g/mol. The summed E-state index contributed by atoms with van der Waals surface area (Å²) in [6.07, 6.45) is 1.87. The summed E-state index contributed by atoms with van der Waals surface area (Å²) in [4.78, 5) is 17.6. The second-order valence-electron chi connectivity index (χ2n) is 5.44. The molecule has 0 N–H and O–H groups in total. The largest absolute Gasteiger partial charge is 0.291 e. The van der Waals surface area contributed by atoms with Gasteiger partial charge >= 0.3 is 0 Å². The maximum absolute atomic E-state index is 12.6. The van der Waals surface area contributed by atoms with Crippen LogP contribution >= 0.6 is 22.9 Å². The molecule has 0 atom stereocenters. The first kappa shape index (κ1) is 15.1. The third-order valence-electron chi connectivity index (χ3n) is 3.64. The fourth-order valence-corrected chi connectivity index (χ4v) is 3.63. The summed E-state index contributed by atoms with van der Waals surface area (Å²) in [6.45, 7) is 2.02. The Bertz CT molecular complexity index is 1160. The standard InChI is InChI=1S/C18H12ClN3OS/c1-11-5-4-6-12(9-11)10-15-17(23)22-18(24-15)20-16(21-22)13-7-2-3-8-14(13)19/h2-10H,1H3/b15-10+. The minimum atomic E-state index is -0.165. The number of nitrogens with zero attached hydrogens (tertiary/aromatic N) is 3. The lowest BCUT2D eigenvalue weighted by atomic mass is 10.1. The number of hydrogen-bond donors (Lipinski definition) is 0. The van der Waals surface area contributed by atoms with Gasteiger partial charge in [0.05, 0.1) is 9.55 Å². The van der Waals surface area contributed by atoms with E-state index in [1.165, 1.54) is 15.9 Å². The molecule has 4 aromatic rings. The van der Waals surface area contributed by atoms with Crippen LogP contribution in [0.4, 0.5) is 0 Å². The SMILES string of the molecule is Cc1cccc(/C=c2/sc3nc(-c4ccccc4Cl)nn3c2=O)c1. The van der Waals surface area contributed by atoms with E-state index >= 15 is 0 Å². The molecule has 4 nitrogen and oxygen atoms in total. The lowest BCUT2D eigenvalue weighted by molar-refractivity contribution is 0.937. The van der Waals surface area contributed by atoms with Crippen molar-refractivity contribution in [1.29, 1.82) is 0 Å². The van der Waals surface area contributed by atoms with Crippen LogP contribution in [0.3, 0.4) is 0 Å². The molecule has 0 saturated carbocycles. The van der Waals surface area contributed by atoms with Crippen molar-refractivity contribution < 1.29 is 0 Å². The van der Waals surface area contributed by atoms with E-state index in [4.69, 9.17) is 11.6 Å². The molecule has 118 valence electrons. The topological polar surface area (TPSA) is 47.3 Å². The number of rotatable bonds is 2. The Morgan fingerprint density at radius 2 is 2.00 bits per heavy atom. The van der Waals surface area contributed by atoms with Gasteiger partial charge in [-0.05, 0) is 30.7 Å². The molecule has 4 rings (SSSR count). The minimum Gasteiger partial charge on any atom is -0.266 e. The van der Waals surface area contributed by atoms with E-state index in [-0.39, 0.29) is 5.56 Å². The maximum atomic E-state index is 12.6. The van der Waals surface area contributed by atoms with Crippen molar-refractivity contribution in [3.05, 3.63) is 79.6 Å². The molecule has 0 bridgehead atoms. The zero-order chi connectivity index (χ0) is 16.7. The van der Waals surface area contributed by atoms with Crippen molar-refractivity contribution in [3.8, 4) is 11.4 Å². The first-order valence-corrected chi connectivity index (χ1v) is 8.54. The normalized spacial score (nSPS) is 12.2. The van der Waals surface area contributed by atoms with Crippen LogP contribution in [0, 0.1) is 6.92 Å². The van der Waals surface area contributed by atoms with E-state index in [1.807, 2.05) is 55.5 Å². The van der Waals surface area contributed by atoms with Gasteiger partial charge in [0.15, 0.2) is 5.82 Å². The van der Waals surface area contributed by atoms with Crippen molar-refractivity contribution >= 4 is 34.0 Å². The Morgan fingerprint density at radius 3 is 2.75 bits per heavy atom. The predicted octanol–water partition coefficient (Wildman–Crippen LogP) is 3.33. The lowest BCUT2D eigenvalue weighted by Crippen LogP contribution is -2.23. The van der Waals surface area contributed by atoms with Crippen LogP contribution in [0.1, 0.15) is 11.1 Å². The van der Waals surface area contributed by atoms with Crippen molar-refractivity contribution in [2.24, 2.45) is 0 Å². The molecular formula is C18H12ClN3OS. The van der Waals surface area contributed by atoms with Gasteiger partial charge in [-0.25, -0.2) is 0 Å². The summed E-state index contributed by atoms with van der Waals surface area (Å²) in [5, 5.41) is 4.89. The molecule has 0 amide bonds. The van der Waals surface area contributed by atoms with Crippen molar-refractivity contribution in [1.82, 2.24) is 14.6 Å². The zero-order valence-corrected chi connectivity index (χ0v) is 14.3. The van der Waals surface area contributed by atoms with Gasteiger partial charge in [-0.1, -0.05) is 64.9 Å². The van der Waals surface area contributed by atoms with Gasteiger partial charge in [0.2, 0.25) is 4.96 Å². The second-order valence-corrected chi connectivity index (χ2v) is 6.86. The molecule has 0 spiro atoms. The van der Waals surface area contributed by atoms with E-state index < -0.39 is 0 Å². The Labute approximate surface area is 146 Å². The van der Waals surface area contributed by atoms with E-state index in [2.05, 4.69) is 10.1 Å². The van der Waals surface area contributed by atoms with Crippen molar-refractivity contribution in [2.75, 3.05) is 0 Å². The molecule has 0 saturated heterocycles. The quantitative estimate of drug-likeness (QED) is 0.555. The molecular weight excluding hydrogens is 342 g/mol. The fraction of sp³-hybridized carbons (Fsp3) is 0.0556. The summed E-state index contributed by atoms with van der Waals surface area (Å²) in [7, 11) is 0. The van der Waals surface area contributed by atoms with Crippen LogP contribution < -0.4 is 10.1 Å².